The van der Waals surface area contributed by atoms with Crippen molar-refractivity contribution in [1.29, 1.82) is 0 Å². The van der Waals surface area contributed by atoms with E-state index in [-0.39, 0.29) is 11.9 Å². The fourth-order valence-electron chi connectivity index (χ4n) is 3.07. The fourth-order valence-corrected chi connectivity index (χ4v) is 3.19. The van der Waals surface area contributed by atoms with Crippen LogP contribution < -0.4 is 5.32 Å². The largest absolute Gasteiger partial charge is 0.350 e. The monoisotopic (exact) mass is 354 g/mol. The molecule has 25 heavy (non-hydrogen) atoms. The van der Waals surface area contributed by atoms with Crippen LogP contribution in [-0.4, -0.2) is 29.9 Å². The molecule has 0 unspecified atom stereocenters. The van der Waals surface area contributed by atoms with Gasteiger partial charge in [-0.2, -0.15) is 0 Å². The molecule has 0 saturated carbocycles. The number of carbonyl (C=O) groups excluding carboxylic acids is 1. The Morgan fingerprint density at radius 1 is 1.08 bits per heavy atom. The summed E-state index contributed by atoms with van der Waals surface area (Å²) in [5.41, 5.74) is 2.31. The third-order valence-corrected chi connectivity index (χ3v) is 4.73. The lowest BCUT2D eigenvalue weighted by atomic mass is 10.0. The van der Waals surface area contributed by atoms with Crippen molar-refractivity contribution in [3.05, 3.63) is 76.8 Å². The summed E-state index contributed by atoms with van der Waals surface area (Å²) >= 11 is 5.93. The van der Waals surface area contributed by atoms with Gasteiger partial charge in [-0.3, -0.25) is 9.69 Å². The van der Waals surface area contributed by atoms with Crippen molar-refractivity contribution in [2.24, 2.45) is 0 Å². The summed E-state index contributed by atoms with van der Waals surface area (Å²) in [7, 11) is 0. The lowest BCUT2D eigenvalue weighted by Crippen LogP contribution is -2.43. The van der Waals surface area contributed by atoms with Gasteiger partial charge in [0.15, 0.2) is 0 Å². The van der Waals surface area contributed by atoms with Crippen LogP contribution in [0.15, 0.2) is 60.7 Å². The molecule has 0 atom stereocenters. The van der Waals surface area contributed by atoms with Gasteiger partial charge in [-0.1, -0.05) is 54.1 Å². The number of carbonyl (C=O) groups is 1. The molecule has 1 aliphatic heterocycles. The number of amides is 1. The number of rotatable bonds is 5. The molecule has 0 radical (unpaired) electrons. The van der Waals surface area contributed by atoms with Crippen molar-refractivity contribution < 1.29 is 4.79 Å². The lowest BCUT2D eigenvalue weighted by molar-refractivity contribution is -0.117. The number of nitrogens with zero attached hydrogens (tertiary/aromatic N) is 1. The van der Waals surface area contributed by atoms with E-state index in [2.05, 4.69) is 22.3 Å². The highest BCUT2D eigenvalue weighted by molar-refractivity contribution is 6.30. The number of benzene rings is 2. The highest BCUT2D eigenvalue weighted by atomic mass is 35.5. The number of piperidine rings is 1. The molecule has 1 amide bonds. The van der Waals surface area contributed by atoms with E-state index in [0.29, 0.717) is 0 Å². The van der Waals surface area contributed by atoms with Crippen molar-refractivity contribution in [1.82, 2.24) is 10.2 Å². The van der Waals surface area contributed by atoms with Gasteiger partial charge in [-0.15, -0.1) is 0 Å². The van der Waals surface area contributed by atoms with E-state index >= 15 is 0 Å². The first kappa shape index (κ1) is 17.7. The summed E-state index contributed by atoms with van der Waals surface area (Å²) in [5.74, 6) is -0.0139. The minimum absolute atomic E-state index is 0.0139. The molecular weight excluding hydrogens is 332 g/mol. The van der Waals surface area contributed by atoms with Gasteiger partial charge < -0.3 is 5.32 Å². The van der Waals surface area contributed by atoms with Crippen LogP contribution in [0, 0.1) is 0 Å². The Hall–Kier alpha value is -2.10. The second-order valence-corrected chi connectivity index (χ2v) is 6.87. The fraction of sp³-hybridized carbons (Fsp3) is 0.286. The maximum absolute atomic E-state index is 12.1. The predicted molar refractivity (Wildman–Crippen MR) is 103 cm³/mol. The molecule has 0 spiro atoms. The Balaban J connectivity index is 1.42. The Labute approximate surface area is 154 Å². The first-order valence-electron chi connectivity index (χ1n) is 8.69. The topological polar surface area (TPSA) is 32.3 Å². The minimum Gasteiger partial charge on any atom is -0.350 e. The molecule has 1 aliphatic rings. The van der Waals surface area contributed by atoms with Crippen LogP contribution in [0.2, 0.25) is 5.02 Å². The normalized spacial score (nSPS) is 16.2. The zero-order valence-corrected chi connectivity index (χ0v) is 15.0. The minimum atomic E-state index is -0.0139. The molecule has 1 saturated heterocycles. The van der Waals surface area contributed by atoms with E-state index in [1.165, 1.54) is 5.56 Å². The first-order chi connectivity index (χ1) is 12.2. The SMILES string of the molecule is O=C(/C=C/c1ccccc1)NC1CCN(Cc2ccc(Cl)cc2)CC1. The van der Waals surface area contributed by atoms with Crippen molar-refractivity contribution in [2.45, 2.75) is 25.4 Å². The predicted octanol–water partition coefficient (Wildman–Crippen LogP) is 4.13. The van der Waals surface area contributed by atoms with E-state index in [9.17, 15) is 4.79 Å². The summed E-state index contributed by atoms with van der Waals surface area (Å²) in [4.78, 5) is 14.5. The van der Waals surface area contributed by atoms with Crippen LogP contribution in [0.5, 0.6) is 0 Å². The van der Waals surface area contributed by atoms with Gasteiger partial charge in [0.05, 0.1) is 0 Å². The third-order valence-electron chi connectivity index (χ3n) is 4.48. The number of nitrogens with one attached hydrogen (secondary N) is 1. The van der Waals surface area contributed by atoms with Crippen molar-refractivity contribution >= 4 is 23.6 Å². The number of halogens is 1. The number of likely N-dealkylation sites (tertiary alicyclic amines) is 1. The highest BCUT2D eigenvalue weighted by Crippen LogP contribution is 2.16. The summed E-state index contributed by atoms with van der Waals surface area (Å²) in [6, 6.07) is 18.1. The second kappa shape index (κ2) is 8.84. The van der Waals surface area contributed by atoms with Gasteiger partial charge in [-0.25, -0.2) is 0 Å². The van der Waals surface area contributed by atoms with Crippen LogP contribution in [0.4, 0.5) is 0 Å². The molecule has 1 fully saturated rings. The van der Waals surface area contributed by atoms with Crippen molar-refractivity contribution in [3.8, 4) is 0 Å². The average Bonchev–Trinajstić information content (AvgIpc) is 2.64. The number of hydrogen-bond acceptors (Lipinski definition) is 2. The molecule has 4 heteroatoms. The molecule has 3 nitrogen and oxygen atoms in total. The van der Waals surface area contributed by atoms with Crippen molar-refractivity contribution in [2.75, 3.05) is 13.1 Å². The van der Waals surface area contributed by atoms with Crippen LogP contribution >= 0.6 is 11.6 Å². The zero-order valence-electron chi connectivity index (χ0n) is 14.2. The second-order valence-electron chi connectivity index (χ2n) is 6.43. The summed E-state index contributed by atoms with van der Waals surface area (Å²) < 4.78 is 0. The Morgan fingerprint density at radius 3 is 2.44 bits per heavy atom. The van der Waals surface area contributed by atoms with Gasteiger partial charge in [0, 0.05) is 36.8 Å². The smallest absolute Gasteiger partial charge is 0.244 e. The van der Waals surface area contributed by atoms with E-state index in [0.717, 1.165) is 43.1 Å². The van der Waals surface area contributed by atoms with Gasteiger partial charge in [0.1, 0.15) is 0 Å². The average molecular weight is 355 g/mol. The number of hydrogen-bond donors (Lipinski definition) is 1. The van der Waals surface area contributed by atoms with E-state index in [1.807, 2.05) is 48.5 Å². The molecule has 1 heterocycles. The standard InChI is InChI=1S/C21H23ClN2O/c22-19-9-6-18(7-10-19)16-24-14-12-20(13-15-24)23-21(25)11-8-17-4-2-1-3-5-17/h1-11,20H,12-16H2,(H,23,25)/b11-8+. The maximum atomic E-state index is 12.1. The van der Waals surface area contributed by atoms with Gasteiger partial charge >= 0.3 is 0 Å². The first-order valence-corrected chi connectivity index (χ1v) is 9.07. The molecule has 2 aromatic carbocycles. The van der Waals surface area contributed by atoms with Gasteiger partial charge in [-0.05, 0) is 42.2 Å². The molecular formula is C21H23ClN2O. The molecule has 3 rings (SSSR count). The van der Waals surface area contributed by atoms with E-state index < -0.39 is 0 Å². The molecule has 2 aromatic rings. The molecule has 0 aliphatic carbocycles. The van der Waals surface area contributed by atoms with Crippen LogP contribution in [0.3, 0.4) is 0 Å². The Bertz CT molecular complexity index is 704. The van der Waals surface area contributed by atoms with Gasteiger partial charge in [0.25, 0.3) is 0 Å². The Kier molecular flexibility index (Phi) is 6.26. The van der Waals surface area contributed by atoms with E-state index in [4.69, 9.17) is 11.6 Å². The van der Waals surface area contributed by atoms with Gasteiger partial charge in [0.2, 0.25) is 5.91 Å². The maximum Gasteiger partial charge on any atom is 0.244 e. The molecule has 0 aromatic heterocycles. The molecule has 0 bridgehead atoms. The van der Waals surface area contributed by atoms with Crippen LogP contribution in [-0.2, 0) is 11.3 Å². The van der Waals surface area contributed by atoms with Crippen LogP contribution in [0.1, 0.15) is 24.0 Å². The quantitative estimate of drug-likeness (QED) is 0.819. The summed E-state index contributed by atoms with van der Waals surface area (Å²) in [6.07, 6.45) is 5.44. The third kappa shape index (κ3) is 5.73. The summed E-state index contributed by atoms with van der Waals surface area (Å²) in [6.45, 7) is 2.93. The highest BCUT2D eigenvalue weighted by Gasteiger charge is 2.19. The Morgan fingerprint density at radius 2 is 1.76 bits per heavy atom. The summed E-state index contributed by atoms with van der Waals surface area (Å²) in [5, 5.41) is 3.88. The zero-order chi connectivity index (χ0) is 17.5. The lowest BCUT2D eigenvalue weighted by Gasteiger charge is -2.32. The van der Waals surface area contributed by atoms with Crippen molar-refractivity contribution in [3.63, 3.8) is 0 Å². The molecule has 1 N–H and O–H groups in total. The molecule has 130 valence electrons. The van der Waals surface area contributed by atoms with E-state index in [1.54, 1.807) is 6.08 Å². The van der Waals surface area contributed by atoms with Crippen LogP contribution in [0.25, 0.3) is 6.08 Å².